The zero-order valence-electron chi connectivity index (χ0n) is 28.4. The number of nitrogens with one attached hydrogen (secondary N) is 2. The number of aromatic amines is 2. The SMILES string of the molecule is Oc1cccc(-c2c3nc(c(-c4cccc(O)c4)c4ccc([nH]4)c(-c4cccc(O)c4)c4nc(c(-c5cccc(O)c5)c5ccc2[nH]5)C(O)C4O)C=C3)c1. The zero-order chi connectivity index (χ0) is 37.1. The number of aromatic nitrogens is 4. The van der Waals surface area contributed by atoms with Crippen molar-refractivity contribution in [1.82, 2.24) is 19.9 Å². The second-order valence-electron chi connectivity index (χ2n) is 13.3. The average molecular weight is 713 g/mol. The third-order valence-electron chi connectivity index (χ3n) is 9.75. The lowest BCUT2D eigenvalue weighted by Gasteiger charge is -2.13. The van der Waals surface area contributed by atoms with Gasteiger partial charge in [-0.25, -0.2) is 4.98 Å². The van der Waals surface area contributed by atoms with Gasteiger partial charge in [-0.2, -0.15) is 0 Å². The fourth-order valence-electron chi connectivity index (χ4n) is 7.39. The van der Waals surface area contributed by atoms with Gasteiger partial charge in [-0.15, -0.1) is 0 Å². The van der Waals surface area contributed by atoms with Gasteiger partial charge < -0.3 is 40.6 Å². The van der Waals surface area contributed by atoms with Crippen LogP contribution < -0.4 is 0 Å². The molecule has 0 saturated heterocycles. The maximum Gasteiger partial charge on any atom is 0.128 e. The molecule has 264 valence electrons. The van der Waals surface area contributed by atoms with Crippen LogP contribution in [0.3, 0.4) is 0 Å². The molecule has 10 nitrogen and oxygen atoms in total. The number of aromatic hydroxyl groups is 4. The first kappa shape index (κ1) is 32.7. The molecule has 4 aromatic carbocycles. The Kier molecular flexibility index (Phi) is 7.77. The lowest BCUT2D eigenvalue weighted by atomic mass is 9.97. The van der Waals surface area contributed by atoms with Gasteiger partial charge in [-0.3, -0.25) is 4.98 Å². The summed E-state index contributed by atoms with van der Waals surface area (Å²) in [5.41, 5.74) is 8.52. The molecule has 2 unspecified atom stereocenters. The third-order valence-corrected chi connectivity index (χ3v) is 9.75. The molecule has 3 aromatic heterocycles. The summed E-state index contributed by atoms with van der Waals surface area (Å²) in [5, 5.41) is 66.0. The van der Waals surface area contributed by atoms with Crippen molar-refractivity contribution in [2.75, 3.05) is 0 Å². The largest absolute Gasteiger partial charge is 0.508 e. The van der Waals surface area contributed by atoms with Crippen LogP contribution in [0.5, 0.6) is 23.0 Å². The molecule has 8 bridgehead atoms. The number of nitrogens with zero attached hydrogens (tertiary/aromatic N) is 2. The Labute approximate surface area is 307 Å². The number of aliphatic hydroxyl groups excluding tert-OH is 2. The van der Waals surface area contributed by atoms with Gasteiger partial charge in [0.1, 0.15) is 35.2 Å². The van der Waals surface area contributed by atoms with Gasteiger partial charge in [0.05, 0.1) is 22.8 Å². The van der Waals surface area contributed by atoms with Crippen molar-refractivity contribution in [2.24, 2.45) is 0 Å². The summed E-state index contributed by atoms with van der Waals surface area (Å²) in [5.74, 6) is 0.148. The number of benzene rings is 4. The smallest absolute Gasteiger partial charge is 0.128 e. The second-order valence-corrected chi connectivity index (χ2v) is 13.3. The Morgan fingerprint density at radius 3 is 1.04 bits per heavy atom. The summed E-state index contributed by atoms with van der Waals surface area (Å²) >= 11 is 0. The molecular weight excluding hydrogens is 681 g/mol. The first-order chi connectivity index (χ1) is 26.2. The lowest BCUT2D eigenvalue weighted by Crippen LogP contribution is -2.05. The van der Waals surface area contributed by atoms with Gasteiger partial charge in [0.15, 0.2) is 0 Å². The van der Waals surface area contributed by atoms with Crippen LogP contribution in [-0.2, 0) is 0 Å². The van der Waals surface area contributed by atoms with E-state index in [9.17, 15) is 30.6 Å². The van der Waals surface area contributed by atoms with Crippen LogP contribution in [0.15, 0.2) is 121 Å². The van der Waals surface area contributed by atoms with E-state index in [2.05, 4.69) is 9.97 Å². The molecule has 0 fully saturated rings. The molecule has 0 amide bonds. The third kappa shape index (κ3) is 5.63. The maximum atomic E-state index is 11.9. The highest BCUT2D eigenvalue weighted by molar-refractivity contribution is 5.97. The van der Waals surface area contributed by atoms with E-state index < -0.39 is 12.2 Å². The van der Waals surface area contributed by atoms with Crippen molar-refractivity contribution in [1.29, 1.82) is 0 Å². The molecule has 54 heavy (non-hydrogen) atoms. The standard InChI is InChI=1S/C44H32N4O6/c49-27-9-1-5-23(19-27)37-31-13-14-32(45-31)38(24-6-2-10-28(50)20-24)34-16-18-36(47-34)40(26-8-4-12-30(52)22-26)42-44(54)43(53)41(48-42)39(35-17-15-33(37)46-35)25-7-3-11-29(51)21-25/h1-22,43-44,46-47,49-54H. The molecule has 0 spiro atoms. The number of aliphatic hydroxyl groups is 2. The van der Waals surface area contributed by atoms with E-state index in [0.717, 1.165) is 0 Å². The minimum atomic E-state index is -1.48. The van der Waals surface area contributed by atoms with E-state index in [0.29, 0.717) is 78.0 Å². The summed E-state index contributed by atoms with van der Waals surface area (Å²) in [7, 11) is 0. The Morgan fingerprint density at radius 2 is 0.704 bits per heavy atom. The first-order valence-electron chi connectivity index (χ1n) is 17.2. The highest BCUT2D eigenvalue weighted by atomic mass is 16.3. The zero-order valence-corrected chi connectivity index (χ0v) is 28.4. The normalized spacial score (nSPS) is 15.1. The number of rotatable bonds is 4. The predicted molar refractivity (Wildman–Crippen MR) is 208 cm³/mol. The van der Waals surface area contributed by atoms with Crippen LogP contribution >= 0.6 is 0 Å². The monoisotopic (exact) mass is 712 g/mol. The second kappa shape index (κ2) is 12.8. The van der Waals surface area contributed by atoms with Crippen LogP contribution in [0.25, 0.3) is 78.7 Å². The van der Waals surface area contributed by atoms with Crippen molar-refractivity contribution >= 4 is 34.2 Å². The molecule has 2 atom stereocenters. The molecule has 7 aromatic rings. The molecule has 9 rings (SSSR count). The van der Waals surface area contributed by atoms with E-state index in [1.807, 2.05) is 48.6 Å². The topological polar surface area (TPSA) is 179 Å². The van der Waals surface area contributed by atoms with Crippen LogP contribution in [0, 0.1) is 0 Å². The van der Waals surface area contributed by atoms with E-state index in [4.69, 9.17) is 9.97 Å². The fourth-order valence-corrected chi connectivity index (χ4v) is 7.39. The quantitative estimate of drug-likeness (QED) is 0.0892. The molecule has 10 heteroatoms. The molecule has 2 aliphatic rings. The molecule has 0 saturated carbocycles. The summed E-state index contributed by atoms with van der Waals surface area (Å²) in [6.45, 7) is 0. The average Bonchev–Trinajstić information content (AvgIpc) is 3.97. The van der Waals surface area contributed by atoms with Crippen LogP contribution in [-0.4, -0.2) is 50.6 Å². The van der Waals surface area contributed by atoms with Gasteiger partial charge in [0, 0.05) is 44.3 Å². The molecule has 8 N–H and O–H groups in total. The minimum absolute atomic E-state index is 0.00185. The first-order valence-corrected chi connectivity index (χ1v) is 17.2. The number of fused-ring (bicyclic) bond motifs is 8. The van der Waals surface area contributed by atoms with Gasteiger partial charge in [-0.05, 0) is 107 Å². The van der Waals surface area contributed by atoms with Crippen LogP contribution in [0.1, 0.15) is 35.0 Å². The number of phenolic OH excluding ortho intramolecular Hbond substituents is 4. The summed E-state index contributed by atoms with van der Waals surface area (Å²) < 4.78 is 0. The molecule has 2 aliphatic heterocycles. The van der Waals surface area contributed by atoms with Crippen molar-refractivity contribution in [2.45, 2.75) is 12.2 Å². The van der Waals surface area contributed by atoms with Gasteiger partial charge >= 0.3 is 0 Å². The molecule has 0 radical (unpaired) electrons. The van der Waals surface area contributed by atoms with Crippen LogP contribution in [0.4, 0.5) is 0 Å². The fraction of sp³-hybridized carbons (Fsp3) is 0.0455. The van der Waals surface area contributed by atoms with E-state index in [-0.39, 0.29) is 34.4 Å². The van der Waals surface area contributed by atoms with E-state index >= 15 is 0 Å². The maximum absolute atomic E-state index is 11.9. The van der Waals surface area contributed by atoms with E-state index in [1.54, 1.807) is 84.9 Å². The highest BCUT2D eigenvalue weighted by Gasteiger charge is 2.34. The van der Waals surface area contributed by atoms with Crippen molar-refractivity contribution < 1.29 is 30.6 Å². The number of H-pyrrole nitrogens is 2. The van der Waals surface area contributed by atoms with Gasteiger partial charge in [0.2, 0.25) is 0 Å². The summed E-state index contributed by atoms with van der Waals surface area (Å²) in [6, 6.07) is 34.3. The predicted octanol–water partition coefficient (Wildman–Crippen LogP) is 8.74. The summed E-state index contributed by atoms with van der Waals surface area (Å²) in [6.07, 6.45) is 0.826. The Balaban J connectivity index is 1.51. The van der Waals surface area contributed by atoms with Gasteiger partial charge in [-0.1, -0.05) is 48.5 Å². The number of hydrogen-bond donors (Lipinski definition) is 8. The minimum Gasteiger partial charge on any atom is -0.508 e. The van der Waals surface area contributed by atoms with E-state index in [1.165, 1.54) is 0 Å². The Hall–Kier alpha value is -7.14. The number of hydrogen-bond acceptors (Lipinski definition) is 8. The highest BCUT2D eigenvalue weighted by Crippen LogP contribution is 2.45. The molecular formula is C44H32N4O6. The molecule has 0 aliphatic carbocycles. The van der Waals surface area contributed by atoms with Crippen molar-refractivity contribution in [3.8, 4) is 67.5 Å². The summed E-state index contributed by atoms with van der Waals surface area (Å²) in [4.78, 5) is 17.1. The Morgan fingerprint density at radius 1 is 0.389 bits per heavy atom. The van der Waals surface area contributed by atoms with Crippen molar-refractivity contribution in [3.63, 3.8) is 0 Å². The number of phenols is 4. The van der Waals surface area contributed by atoms with Crippen LogP contribution in [0.2, 0.25) is 0 Å². The lowest BCUT2D eigenvalue weighted by molar-refractivity contribution is 0.0260. The Bertz CT molecular complexity index is 2650. The van der Waals surface area contributed by atoms with Gasteiger partial charge in [0.25, 0.3) is 0 Å². The molecule has 5 heterocycles. The van der Waals surface area contributed by atoms with Crippen molar-refractivity contribution in [3.05, 3.63) is 144 Å².